The van der Waals surface area contributed by atoms with Gasteiger partial charge in [-0.15, -0.1) is 0 Å². The Kier molecular flexibility index (Phi) is 4.97. The molecule has 8 nitrogen and oxygen atoms in total. The molecule has 0 spiro atoms. The molecule has 25 heavy (non-hydrogen) atoms. The summed E-state index contributed by atoms with van der Waals surface area (Å²) in [6, 6.07) is 0.0423. The molecule has 2 aromatic heterocycles. The summed E-state index contributed by atoms with van der Waals surface area (Å²) in [6.07, 6.45) is 6.15. The molecule has 2 N–H and O–H groups in total. The van der Waals surface area contributed by atoms with E-state index in [1.807, 2.05) is 0 Å². The SMILES string of the molecule is C=CC(=O)N1CCCC(Nc2ncnc3[nH]cc(C(=O)OCC)c23)C1. The van der Waals surface area contributed by atoms with E-state index in [2.05, 4.69) is 26.8 Å². The first-order valence-corrected chi connectivity index (χ1v) is 8.31. The number of nitrogens with zero attached hydrogens (tertiary/aromatic N) is 3. The summed E-state index contributed by atoms with van der Waals surface area (Å²) in [5.74, 6) is 0.0686. The standard InChI is InChI=1S/C17H21N5O3/c1-3-13(23)22-7-5-6-11(9-22)21-16-14-12(17(24)25-4-2)8-18-15(14)19-10-20-16/h3,8,10-11H,1,4-7,9H2,2H3,(H2,18,19,20,21). The molecule has 1 unspecified atom stereocenters. The maximum absolute atomic E-state index is 12.2. The summed E-state index contributed by atoms with van der Waals surface area (Å²) in [7, 11) is 0. The molecule has 1 aliphatic heterocycles. The van der Waals surface area contributed by atoms with Crippen molar-refractivity contribution in [1.82, 2.24) is 19.9 Å². The first-order valence-electron chi connectivity index (χ1n) is 8.31. The Balaban J connectivity index is 1.86. The number of aromatic nitrogens is 3. The molecule has 132 valence electrons. The minimum atomic E-state index is -0.418. The van der Waals surface area contributed by atoms with E-state index < -0.39 is 5.97 Å². The third-order valence-corrected chi connectivity index (χ3v) is 4.21. The number of aromatic amines is 1. The van der Waals surface area contributed by atoms with Gasteiger partial charge in [0.2, 0.25) is 5.91 Å². The Morgan fingerprint density at radius 3 is 3.12 bits per heavy atom. The van der Waals surface area contributed by atoms with Crippen LogP contribution >= 0.6 is 0 Å². The van der Waals surface area contributed by atoms with E-state index >= 15 is 0 Å². The van der Waals surface area contributed by atoms with Crippen molar-refractivity contribution in [3.63, 3.8) is 0 Å². The third kappa shape index (κ3) is 3.47. The zero-order chi connectivity index (χ0) is 17.8. The lowest BCUT2D eigenvalue weighted by Crippen LogP contribution is -2.44. The zero-order valence-electron chi connectivity index (χ0n) is 14.1. The predicted octanol–water partition coefficient (Wildman–Crippen LogP) is 1.72. The quantitative estimate of drug-likeness (QED) is 0.633. The number of hydrogen-bond acceptors (Lipinski definition) is 6. The molecule has 1 amide bonds. The molecule has 3 rings (SSSR count). The van der Waals surface area contributed by atoms with Crippen LogP contribution in [0.3, 0.4) is 0 Å². The number of anilines is 1. The molecule has 0 aliphatic carbocycles. The first kappa shape index (κ1) is 16.9. The van der Waals surface area contributed by atoms with Crippen LogP contribution in [0.25, 0.3) is 11.0 Å². The summed E-state index contributed by atoms with van der Waals surface area (Å²) in [5, 5.41) is 3.95. The van der Waals surface area contributed by atoms with Crippen molar-refractivity contribution in [2.45, 2.75) is 25.8 Å². The van der Waals surface area contributed by atoms with Crippen molar-refractivity contribution in [2.24, 2.45) is 0 Å². The van der Waals surface area contributed by atoms with Crippen molar-refractivity contribution >= 4 is 28.7 Å². The van der Waals surface area contributed by atoms with Crippen LogP contribution in [-0.4, -0.2) is 57.5 Å². The van der Waals surface area contributed by atoms with Crippen molar-refractivity contribution in [1.29, 1.82) is 0 Å². The minimum absolute atomic E-state index is 0.0423. The lowest BCUT2D eigenvalue weighted by Gasteiger charge is -2.32. The van der Waals surface area contributed by atoms with Gasteiger partial charge in [-0.25, -0.2) is 14.8 Å². The second kappa shape index (κ2) is 7.33. The highest BCUT2D eigenvalue weighted by molar-refractivity contribution is 6.07. The van der Waals surface area contributed by atoms with Gasteiger partial charge in [0, 0.05) is 25.3 Å². The van der Waals surface area contributed by atoms with Crippen LogP contribution in [0.5, 0.6) is 0 Å². The number of carbonyl (C=O) groups is 2. The van der Waals surface area contributed by atoms with Crippen LogP contribution in [0.4, 0.5) is 5.82 Å². The minimum Gasteiger partial charge on any atom is -0.462 e. The fourth-order valence-corrected chi connectivity index (χ4v) is 3.06. The van der Waals surface area contributed by atoms with Gasteiger partial charge in [0.15, 0.2) is 0 Å². The lowest BCUT2D eigenvalue weighted by molar-refractivity contribution is -0.127. The molecule has 1 fully saturated rings. The maximum Gasteiger partial charge on any atom is 0.340 e. The van der Waals surface area contributed by atoms with E-state index in [0.29, 0.717) is 35.6 Å². The molecule has 0 saturated carbocycles. The van der Waals surface area contributed by atoms with Gasteiger partial charge in [-0.2, -0.15) is 0 Å². The van der Waals surface area contributed by atoms with Gasteiger partial charge in [0.05, 0.1) is 17.6 Å². The Bertz CT molecular complexity index is 801. The Morgan fingerprint density at radius 2 is 2.36 bits per heavy atom. The predicted molar refractivity (Wildman–Crippen MR) is 93.3 cm³/mol. The van der Waals surface area contributed by atoms with E-state index in [1.165, 1.54) is 12.4 Å². The van der Waals surface area contributed by atoms with E-state index in [1.54, 1.807) is 18.0 Å². The summed E-state index contributed by atoms with van der Waals surface area (Å²) in [6.45, 7) is 6.88. The second-order valence-corrected chi connectivity index (χ2v) is 5.84. The summed E-state index contributed by atoms with van der Waals surface area (Å²) in [5.41, 5.74) is 0.963. The number of nitrogens with one attached hydrogen (secondary N) is 2. The molecule has 2 aromatic rings. The van der Waals surface area contributed by atoms with Gasteiger partial charge < -0.3 is 19.9 Å². The normalized spacial score (nSPS) is 17.3. The van der Waals surface area contributed by atoms with Crippen LogP contribution in [0, 0.1) is 0 Å². The summed E-state index contributed by atoms with van der Waals surface area (Å²) in [4.78, 5) is 37.2. The molecule has 1 atom stereocenters. The number of fused-ring (bicyclic) bond motifs is 1. The Hall–Kier alpha value is -2.90. The third-order valence-electron chi connectivity index (χ3n) is 4.21. The summed E-state index contributed by atoms with van der Waals surface area (Å²) >= 11 is 0. The molecule has 0 bridgehead atoms. The Morgan fingerprint density at radius 1 is 1.52 bits per heavy atom. The number of likely N-dealkylation sites (tertiary alicyclic amines) is 1. The van der Waals surface area contributed by atoms with E-state index in [4.69, 9.17) is 4.74 Å². The van der Waals surface area contributed by atoms with Gasteiger partial charge in [-0.05, 0) is 25.8 Å². The van der Waals surface area contributed by atoms with Crippen molar-refractivity contribution in [3.05, 3.63) is 30.7 Å². The van der Waals surface area contributed by atoms with Crippen molar-refractivity contribution in [3.8, 4) is 0 Å². The number of hydrogen-bond donors (Lipinski definition) is 2. The van der Waals surface area contributed by atoms with Crippen LogP contribution in [0.1, 0.15) is 30.1 Å². The second-order valence-electron chi connectivity index (χ2n) is 5.84. The summed E-state index contributed by atoms with van der Waals surface area (Å²) < 4.78 is 5.10. The highest BCUT2D eigenvalue weighted by Crippen LogP contribution is 2.26. The maximum atomic E-state index is 12.2. The lowest BCUT2D eigenvalue weighted by atomic mass is 10.1. The van der Waals surface area contributed by atoms with E-state index in [-0.39, 0.29) is 11.9 Å². The van der Waals surface area contributed by atoms with Crippen LogP contribution in [-0.2, 0) is 9.53 Å². The average molecular weight is 343 g/mol. The number of esters is 1. The first-order chi connectivity index (χ1) is 12.1. The van der Waals surface area contributed by atoms with Crippen LogP contribution in [0.15, 0.2) is 25.2 Å². The average Bonchev–Trinajstić information content (AvgIpc) is 3.07. The Labute approximate surface area is 145 Å². The van der Waals surface area contributed by atoms with Gasteiger partial charge in [0.1, 0.15) is 17.8 Å². The number of amides is 1. The van der Waals surface area contributed by atoms with Gasteiger partial charge in [-0.1, -0.05) is 6.58 Å². The number of piperidine rings is 1. The highest BCUT2D eigenvalue weighted by atomic mass is 16.5. The molecular formula is C17H21N5O3. The fraction of sp³-hybridized carbons (Fsp3) is 0.412. The molecule has 8 heteroatoms. The molecule has 3 heterocycles. The number of ether oxygens (including phenoxy) is 1. The number of H-pyrrole nitrogens is 1. The van der Waals surface area contributed by atoms with E-state index in [9.17, 15) is 9.59 Å². The van der Waals surface area contributed by atoms with Gasteiger partial charge >= 0.3 is 5.97 Å². The largest absolute Gasteiger partial charge is 0.462 e. The van der Waals surface area contributed by atoms with Gasteiger partial charge in [0.25, 0.3) is 0 Å². The van der Waals surface area contributed by atoms with Crippen molar-refractivity contribution in [2.75, 3.05) is 25.0 Å². The fourth-order valence-electron chi connectivity index (χ4n) is 3.06. The smallest absolute Gasteiger partial charge is 0.340 e. The molecule has 1 aliphatic rings. The molecule has 0 aromatic carbocycles. The molecule has 0 radical (unpaired) electrons. The number of carbonyl (C=O) groups excluding carboxylic acids is 2. The molecular weight excluding hydrogens is 322 g/mol. The monoisotopic (exact) mass is 343 g/mol. The van der Waals surface area contributed by atoms with Crippen molar-refractivity contribution < 1.29 is 14.3 Å². The van der Waals surface area contributed by atoms with Gasteiger partial charge in [-0.3, -0.25) is 4.79 Å². The zero-order valence-corrected chi connectivity index (χ0v) is 14.1. The van der Waals surface area contributed by atoms with Crippen LogP contribution < -0.4 is 5.32 Å². The molecule has 1 saturated heterocycles. The van der Waals surface area contributed by atoms with Crippen LogP contribution in [0.2, 0.25) is 0 Å². The number of rotatable bonds is 5. The highest BCUT2D eigenvalue weighted by Gasteiger charge is 2.24. The topological polar surface area (TPSA) is 100 Å². The van der Waals surface area contributed by atoms with E-state index in [0.717, 1.165) is 19.4 Å².